The molecular weight excluding hydrogens is 340 g/mol. The van der Waals surface area contributed by atoms with Crippen molar-refractivity contribution in [2.24, 2.45) is 5.10 Å². The molecule has 0 bridgehead atoms. The molecule has 1 aliphatic heterocycles. The standard InChI is InChI=1S/C21H26N4O2/c1-4-27-18-7-5-6-17(12-18)19-13-20(24-23-19)21(26)25-22-15(3)16-10-8-14(2)9-11-16/h5-12,19-20,23-24H,4,13H2,1-3H3,(H,25,26)/b22-15+. The van der Waals surface area contributed by atoms with Crippen LogP contribution in [0.25, 0.3) is 0 Å². The van der Waals surface area contributed by atoms with Crippen LogP contribution >= 0.6 is 0 Å². The van der Waals surface area contributed by atoms with Gasteiger partial charge in [0.25, 0.3) is 5.91 Å². The number of aryl methyl sites for hydroxylation is 1. The number of rotatable bonds is 6. The van der Waals surface area contributed by atoms with Crippen LogP contribution in [0, 0.1) is 6.92 Å². The minimum atomic E-state index is -0.347. The monoisotopic (exact) mass is 366 g/mol. The maximum absolute atomic E-state index is 12.4. The molecule has 0 radical (unpaired) electrons. The fourth-order valence-corrected chi connectivity index (χ4v) is 3.01. The van der Waals surface area contributed by atoms with Crippen LogP contribution in [0.2, 0.25) is 0 Å². The van der Waals surface area contributed by atoms with Gasteiger partial charge in [-0.25, -0.2) is 16.3 Å². The Hall–Kier alpha value is -2.70. The van der Waals surface area contributed by atoms with Crippen molar-refractivity contribution in [2.45, 2.75) is 39.3 Å². The van der Waals surface area contributed by atoms with Crippen LogP contribution in [0.3, 0.4) is 0 Å². The minimum absolute atomic E-state index is 0.0448. The number of carbonyl (C=O) groups excluding carboxylic acids is 1. The van der Waals surface area contributed by atoms with Crippen molar-refractivity contribution in [3.05, 3.63) is 65.2 Å². The molecule has 1 saturated heterocycles. The van der Waals surface area contributed by atoms with Crippen LogP contribution < -0.4 is 21.0 Å². The van der Waals surface area contributed by atoms with Gasteiger partial charge in [-0.05, 0) is 50.5 Å². The van der Waals surface area contributed by atoms with Gasteiger partial charge >= 0.3 is 0 Å². The third kappa shape index (κ3) is 4.93. The highest BCUT2D eigenvalue weighted by Gasteiger charge is 2.30. The Morgan fingerprint density at radius 2 is 2.00 bits per heavy atom. The van der Waals surface area contributed by atoms with Crippen LogP contribution in [0.1, 0.15) is 43.0 Å². The molecule has 0 aromatic heterocycles. The van der Waals surface area contributed by atoms with Crippen molar-refractivity contribution in [1.82, 2.24) is 16.3 Å². The lowest BCUT2D eigenvalue weighted by molar-refractivity contribution is -0.122. The second-order valence-electron chi connectivity index (χ2n) is 6.67. The number of nitrogens with one attached hydrogen (secondary N) is 3. The molecule has 2 atom stereocenters. The first-order valence-corrected chi connectivity index (χ1v) is 9.22. The van der Waals surface area contributed by atoms with E-state index in [1.54, 1.807) is 0 Å². The number of nitrogens with zero attached hydrogens (tertiary/aromatic N) is 1. The highest BCUT2D eigenvalue weighted by atomic mass is 16.5. The molecule has 6 nitrogen and oxygen atoms in total. The number of hydrazine groups is 1. The summed E-state index contributed by atoms with van der Waals surface area (Å²) >= 11 is 0. The summed E-state index contributed by atoms with van der Waals surface area (Å²) in [7, 11) is 0. The molecule has 0 spiro atoms. The van der Waals surface area contributed by atoms with Gasteiger partial charge in [0, 0.05) is 6.04 Å². The van der Waals surface area contributed by atoms with Crippen LogP contribution in [0.4, 0.5) is 0 Å². The second kappa shape index (κ2) is 8.79. The summed E-state index contributed by atoms with van der Waals surface area (Å²) in [6.07, 6.45) is 0.639. The van der Waals surface area contributed by atoms with Crippen molar-refractivity contribution >= 4 is 11.6 Å². The summed E-state index contributed by atoms with van der Waals surface area (Å²) in [5.74, 6) is 0.681. The summed E-state index contributed by atoms with van der Waals surface area (Å²) in [6, 6.07) is 15.7. The summed E-state index contributed by atoms with van der Waals surface area (Å²) in [5.41, 5.74) is 12.9. The largest absolute Gasteiger partial charge is 0.494 e. The van der Waals surface area contributed by atoms with E-state index in [0.717, 1.165) is 22.6 Å². The Bertz CT molecular complexity index is 817. The van der Waals surface area contributed by atoms with Crippen molar-refractivity contribution in [2.75, 3.05) is 6.61 Å². The van der Waals surface area contributed by atoms with Gasteiger partial charge in [0.1, 0.15) is 11.8 Å². The predicted octanol–water partition coefficient (Wildman–Crippen LogP) is 2.84. The van der Waals surface area contributed by atoms with Crippen LogP contribution in [0.5, 0.6) is 5.75 Å². The van der Waals surface area contributed by atoms with Crippen molar-refractivity contribution in [3.8, 4) is 5.75 Å². The maximum atomic E-state index is 12.4. The fourth-order valence-electron chi connectivity index (χ4n) is 3.01. The minimum Gasteiger partial charge on any atom is -0.494 e. The van der Waals surface area contributed by atoms with Crippen molar-refractivity contribution < 1.29 is 9.53 Å². The molecular formula is C21H26N4O2. The number of hydrogen-bond acceptors (Lipinski definition) is 5. The molecule has 1 amide bonds. The number of hydrogen-bond donors (Lipinski definition) is 3. The van der Waals surface area contributed by atoms with Gasteiger partial charge in [-0.1, -0.05) is 42.0 Å². The number of amides is 1. The molecule has 142 valence electrons. The molecule has 3 rings (SSSR count). The molecule has 0 aliphatic carbocycles. The van der Waals surface area contributed by atoms with E-state index in [9.17, 15) is 4.79 Å². The zero-order valence-corrected chi connectivity index (χ0v) is 16.0. The predicted molar refractivity (Wildman–Crippen MR) is 107 cm³/mol. The lowest BCUT2D eigenvalue weighted by Crippen LogP contribution is -2.41. The van der Waals surface area contributed by atoms with Gasteiger partial charge in [-0.15, -0.1) is 0 Å². The van der Waals surface area contributed by atoms with E-state index >= 15 is 0 Å². The first kappa shape index (κ1) is 19.1. The first-order chi connectivity index (χ1) is 13.1. The normalized spacial score (nSPS) is 19.7. The van der Waals surface area contributed by atoms with Crippen LogP contribution in [0.15, 0.2) is 53.6 Å². The van der Waals surface area contributed by atoms with Crippen LogP contribution in [-0.2, 0) is 4.79 Å². The van der Waals surface area contributed by atoms with Gasteiger partial charge in [0.15, 0.2) is 0 Å². The summed E-state index contributed by atoms with van der Waals surface area (Å²) < 4.78 is 5.55. The molecule has 1 fully saturated rings. The van der Waals surface area contributed by atoms with E-state index in [1.165, 1.54) is 5.56 Å². The van der Waals surface area contributed by atoms with Gasteiger partial charge in [-0.2, -0.15) is 5.10 Å². The lowest BCUT2D eigenvalue weighted by atomic mass is 10.0. The van der Waals surface area contributed by atoms with E-state index in [-0.39, 0.29) is 18.0 Å². The molecule has 1 heterocycles. The SMILES string of the molecule is CCOc1cccc(C2CC(C(=O)N/N=C(\C)c3ccc(C)cc3)NN2)c1. The number of carbonyl (C=O) groups is 1. The third-order valence-electron chi connectivity index (χ3n) is 4.59. The Labute approximate surface area is 160 Å². The highest BCUT2D eigenvalue weighted by molar-refractivity contribution is 5.99. The molecule has 2 aromatic carbocycles. The molecule has 1 aliphatic rings. The topological polar surface area (TPSA) is 74.8 Å². The quantitative estimate of drug-likeness (QED) is 0.543. The van der Waals surface area contributed by atoms with E-state index < -0.39 is 0 Å². The van der Waals surface area contributed by atoms with Crippen molar-refractivity contribution in [1.29, 1.82) is 0 Å². The van der Waals surface area contributed by atoms with Crippen molar-refractivity contribution in [3.63, 3.8) is 0 Å². The fraction of sp³-hybridized carbons (Fsp3) is 0.333. The molecule has 2 unspecified atom stereocenters. The summed E-state index contributed by atoms with van der Waals surface area (Å²) in [5, 5.41) is 4.23. The third-order valence-corrected chi connectivity index (χ3v) is 4.59. The van der Waals surface area contributed by atoms with E-state index in [2.05, 4.69) is 21.4 Å². The molecule has 0 saturated carbocycles. The van der Waals surface area contributed by atoms with Gasteiger partial charge in [0.2, 0.25) is 0 Å². The molecule has 27 heavy (non-hydrogen) atoms. The van der Waals surface area contributed by atoms with E-state index in [1.807, 2.05) is 69.3 Å². The average Bonchev–Trinajstić information content (AvgIpc) is 3.17. The number of hydrazone groups is 1. The number of benzene rings is 2. The van der Waals surface area contributed by atoms with E-state index in [0.29, 0.717) is 13.0 Å². The van der Waals surface area contributed by atoms with E-state index in [4.69, 9.17) is 4.74 Å². The highest BCUT2D eigenvalue weighted by Crippen LogP contribution is 2.25. The second-order valence-corrected chi connectivity index (χ2v) is 6.67. The van der Waals surface area contributed by atoms with Gasteiger partial charge in [0.05, 0.1) is 12.3 Å². The zero-order valence-electron chi connectivity index (χ0n) is 16.0. The molecule has 2 aromatic rings. The molecule has 6 heteroatoms. The van der Waals surface area contributed by atoms with Crippen LogP contribution in [-0.4, -0.2) is 24.3 Å². The maximum Gasteiger partial charge on any atom is 0.258 e. The Morgan fingerprint density at radius 3 is 2.74 bits per heavy atom. The summed E-state index contributed by atoms with van der Waals surface area (Å²) in [6.45, 7) is 6.51. The Morgan fingerprint density at radius 1 is 1.22 bits per heavy atom. The molecule has 3 N–H and O–H groups in total. The Balaban J connectivity index is 1.58. The first-order valence-electron chi connectivity index (χ1n) is 9.22. The lowest BCUT2D eigenvalue weighted by Gasteiger charge is -2.11. The van der Waals surface area contributed by atoms with Gasteiger partial charge in [-0.3, -0.25) is 4.79 Å². The number of ether oxygens (including phenoxy) is 1. The zero-order chi connectivity index (χ0) is 19.2. The average molecular weight is 366 g/mol. The smallest absolute Gasteiger partial charge is 0.258 e. The Kier molecular flexibility index (Phi) is 6.21. The summed E-state index contributed by atoms with van der Waals surface area (Å²) in [4.78, 5) is 12.4. The van der Waals surface area contributed by atoms with Gasteiger partial charge < -0.3 is 4.74 Å².